The molecule has 4 nitrogen and oxygen atoms in total. The molecule has 0 saturated carbocycles. The highest BCUT2D eigenvalue weighted by Gasteiger charge is 2.28. The third kappa shape index (κ3) is 2.47. The second kappa shape index (κ2) is 4.31. The molecule has 3 N–H and O–H groups in total. The fourth-order valence-electron chi connectivity index (χ4n) is 1.70. The summed E-state index contributed by atoms with van der Waals surface area (Å²) in [6.45, 7) is 0.669. The zero-order valence-electron chi connectivity index (χ0n) is 8.35. The Morgan fingerprint density at radius 3 is 2.73 bits per heavy atom. The van der Waals surface area contributed by atoms with Crippen LogP contribution in [0.3, 0.4) is 0 Å². The maximum absolute atomic E-state index is 10.9. The van der Waals surface area contributed by atoms with Gasteiger partial charge in [0.15, 0.2) is 0 Å². The molecule has 0 spiro atoms. The molecular formula is C11H14N2O2. The fourth-order valence-corrected chi connectivity index (χ4v) is 1.70. The molecule has 1 aromatic rings. The molecule has 1 aliphatic rings. The van der Waals surface area contributed by atoms with Crippen LogP contribution >= 0.6 is 0 Å². The highest BCUT2D eigenvalue weighted by Crippen LogP contribution is 2.16. The highest BCUT2D eigenvalue weighted by molar-refractivity contribution is 5.80. The van der Waals surface area contributed by atoms with Crippen molar-refractivity contribution in [1.29, 1.82) is 0 Å². The predicted octanol–water partition coefficient (Wildman–Crippen LogP) is 0.281. The van der Waals surface area contributed by atoms with E-state index in [9.17, 15) is 4.79 Å². The second-order valence-electron chi connectivity index (χ2n) is 3.65. The number of amides is 1. The molecule has 1 fully saturated rings. The van der Waals surface area contributed by atoms with E-state index in [1.165, 1.54) is 0 Å². The number of rotatable bonds is 3. The topological polar surface area (TPSA) is 64.4 Å². The quantitative estimate of drug-likeness (QED) is 0.746. The van der Waals surface area contributed by atoms with Crippen LogP contribution in [0, 0.1) is 0 Å². The molecule has 1 saturated heterocycles. The molecule has 15 heavy (non-hydrogen) atoms. The largest absolute Gasteiger partial charge is 0.489 e. The smallest absolute Gasteiger partial charge is 0.234 e. The average Bonchev–Trinajstić information content (AvgIpc) is 2.68. The molecule has 1 amide bonds. The van der Waals surface area contributed by atoms with Gasteiger partial charge in [-0.2, -0.15) is 0 Å². The normalized spacial score (nSPS) is 25.1. The van der Waals surface area contributed by atoms with Crippen molar-refractivity contribution in [1.82, 2.24) is 5.32 Å². The molecule has 1 aliphatic heterocycles. The number of primary amides is 1. The summed E-state index contributed by atoms with van der Waals surface area (Å²) < 4.78 is 5.69. The number of ether oxygens (including phenoxy) is 1. The molecule has 2 atom stereocenters. The van der Waals surface area contributed by atoms with Crippen LogP contribution in [0.15, 0.2) is 30.3 Å². The Morgan fingerprint density at radius 2 is 2.13 bits per heavy atom. The monoisotopic (exact) mass is 206 g/mol. The van der Waals surface area contributed by atoms with E-state index in [4.69, 9.17) is 10.5 Å². The van der Waals surface area contributed by atoms with Crippen LogP contribution in [-0.2, 0) is 4.79 Å². The number of carbonyl (C=O) groups is 1. The Bertz CT molecular complexity index is 340. The number of benzene rings is 1. The Balaban J connectivity index is 1.90. The molecule has 2 rings (SSSR count). The van der Waals surface area contributed by atoms with Gasteiger partial charge < -0.3 is 15.8 Å². The van der Waals surface area contributed by atoms with Gasteiger partial charge in [-0.25, -0.2) is 0 Å². The minimum atomic E-state index is -0.311. The third-order valence-electron chi connectivity index (χ3n) is 2.48. The van der Waals surface area contributed by atoms with E-state index >= 15 is 0 Å². The van der Waals surface area contributed by atoms with Gasteiger partial charge in [0, 0.05) is 13.0 Å². The van der Waals surface area contributed by atoms with Gasteiger partial charge in [-0.15, -0.1) is 0 Å². The lowest BCUT2D eigenvalue weighted by Crippen LogP contribution is -2.36. The first kappa shape index (κ1) is 9.98. The number of hydrogen-bond donors (Lipinski definition) is 2. The number of nitrogens with one attached hydrogen (secondary N) is 1. The summed E-state index contributed by atoms with van der Waals surface area (Å²) >= 11 is 0. The zero-order valence-corrected chi connectivity index (χ0v) is 8.35. The highest BCUT2D eigenvalue weighted by atomic mass is 16.5. The molecule has 0 aromatic heterocycles. The number of hydrogen-bond acceptors (Lipinski definition) is 3. The lowest BCUT2D eigenvalue weighted by Gasteiger charge is -2.12. The minimum Gasteiger partial charge on any atom is -0.489 e. The van der Waals surface area contributed by atoms with Crippen LogP contribution in [-0.4, -0.2) is 24.6 Å². The molecule has 0 radical (unpaired) electrons. The number of nitrogens with two attached hydrogens (primary N) is 1. The van der Waals surface area contributed by atoms with Crippen LogP contribution in [0.5, 0.6) is 5.75 Å². The summed E-state index contributed by atoms with van der Waals surface area (Å²) in [5.41, 5.74) is 5.20. The molecule has 1 aromatic carbocycles. The van der Waals surface area contributed by atoms with Crippen molar-refractivity contribution in [2.45, 2.75) is 18.6 Å². The minimum absolute atomic E-state index is 0.0323. The van der Waals surface area contributed by atoms with E-state index in [1.807, 2.05) is 30.3 Å². The molecule has 4 heteroatoms. The maximum Gasteiger partial charge on any atom is 0.234 e. The molecule has 1 heterocycles. The average molecular weight is 206 g/mol. The molecule has 0 aliphatic carbocycles. The van der Waals surface area contributed by atoms with E-state index in [0.717, 1.165) is 5.75 Å². The second-order valence-corrected chi connectivity index (χ2v) is 3.65. The zero-order chi connectivity index (χ0) is 10.7. The van der Waals surface area contributed by atoms with Crippen LogP contribution in [0.25, 0.3) is 0 Å². The van der Waals surface area contributed by atoms with Crippen molar-refractivity contribution in [3.05, 3.63) is 30.3 Å². The van der Waals surface area contributed by atoms with Gasteiger partial charge in [0.05, 0.1) is 6.04 Å². The summed E-state index contributed by atoms with van der Waals surface area (Å²) in [7, 11) is 0. The van der Waals surface area contributed by atoms with Gasteiger partial charge in [-0.3, -0.25) is 4.79 Å². The van der Waals surface area contributed by atoms with E-state index in [1.54, 1.807) is 0 Å². The van der Waals surface area contributed by atoms with Gasteiger partial charge in [0.1, 0.15) is 11.9 Å². The lowest BCUT2D eigenvalue weighted by molar-refractivity contribution is -0.119. The summed E-state index contributed by atoms with van der Waals surface area (Å²) in [6, 6.07) is 9.33. The van der Waals surface area contributed by atoms with Crippen molar-refractivity contribution in [3.8, 4) is 5.75 Å². The van der Waals surface area contributed by atoms with Crippen LogP contribution in [0.1, 0.15) is 6.42 Å². The van der Waals surface area contributed by atoms with Crippen LogP contribution in [0.4, 0.5) is 0 Å². The Hall–Kier alpha value is -1.55. The first-order chi connectivity index (χ1) is 7.25. The predicted molar refractivity (Wildman–Crippen MR) is 56.5 cm³/mol. The summed E-state index contributed by atoms with van der Waals surface area (Å²) in [5.74, 6) is 0.517. The van der Waals surface area contributed by atoms with Gasteiger partial charge in [-0.05, 0) is 12.1 Å². The first-order valence-corrected chi connectivity index (χ1v) is 5.00. The van der Waals surface area contributed by atoms with Crippen molar-refractivity contribution in [2.24, 2.45) is 5.73 Å². The number of para-hydroxylation sites is 1. The van der Waals surface area contributed by atoms with Crippen molar-refractivity contribution in [2.75, 3.05) is 6.54 Å². The van der Waals surface area contributed by atoms with Gasteiger partial charge in [0.2, 0.25) is 5.91 Å². The molecule has 80 valence electrons. The molecular weight excluding hydrogens is 192 g/mol. The Labute approximate surface area is 88.4 Å². The molecule has 0 bridgehead atoms. The van der Waals surface area contributed by atoms with E-state index in [0.29, 0.717) is 13.0 Å². The first-order valence-electron chi connectivity index (χ1n) is 5.00. The summed E-state index contributed by atoms with van der Waals surface area (Å²) in [6.07, 6.45) is 0.675. The van der Waals surface area contributed by atoms with E-state index < -0.39 is 0 Å². The fraction of sp³-hybridized carbons (Fsp3) is 0.364. The third-order valence-corrected chi connectivity index (χ3v) is 2.48. The lowest BCUT2D eigenvalue weighted by atomic mass is 10.2. The maximum atomic E-state index is 10.9. The SMILES string of the molecule is NC(=O)[C@@H]1C[C@H](Oc2ccccc2)CN1. The Kier molecular flexibility index (Phi) is 2.87. The number of carbonyl (C=O) groups excluding carboxylic acids is 1. The Morgan fingerprint density at radius 1 is 1.40 bits per heavy atom. The van der Waals surface area contributed by atoms with Crippen molar-refractivity contribution >= 4 is 5.91 Å². The van der Waals surface area contributed by atoms with Crippen LogP contribution < -0.4 is 15.8 Å². The van der Waals surface area contributed by atoms with Gasteiger partial charge in [0.25, 0.3) is 0 Å². The summed E-state index contributed by atoms with van der Waals surface area (Å²) in [4.78, 5) is 10.9. The molecule has 0 unspecified atom stereocenters. The van der Waals surface area contributed by atoms with E-state index in [-0.39, 0.29) is 18.1 Å². The van der Waals surface area contributed by atoms with E-state index in [2.05, 4.69) is 5.32 Å². The van der Waals surface area contributed by atoms with Crippen molar-refractivity contribution < 1.29 is 9.53 Å². The van der Waals surface area contributed by atoms with Crippen molar-refractivity contribution in [3.63, 3.8) is 0 Å². The van der Waals surface area contributed by atoms with Gasteiger partial charge >= 0.3 is 0 Å². The van der Waals surface area contributed by atoms with Crippen LogP contribution in [0.2, 0.25) is 0 Å². The summed E-state index contributed by atoms with van der Waals surface area (Å²) in [5, 5.41) is 3.03. The van der Waals surface area contributed by atoms with Gasteiger partial charge in [-0.1, -0.05) is 18.2 Å². The standard InChI is InChI=1S/C11H14N2O2/c12-11(14)10-6-9(7-13-10)15-8-4-2-1-3-5-8/h1-5,9-10,13H,6-7H2,(H2,12,14)/t9-,10-/m0/s1.